The number of amides is 1. The van der Waals surface area contributed by atoms with Crippen LogP contribution >= 0.6 is 0 Å². The first-order chi connectivity index (χ1) is 9.49. The summed E-state index contributed by atoms with van der Waals surface area (Å²) in [6, 6.07) is 9.02. The van der Waals surface area contributed by atoms with E-state index in [2.05, 4.69) is 4.98 Å². The van der Waals surface area contributed by atoms with Crippen molar-refractivity contribution in [1.82, 2.24) is 9.88 Å². The summed E-state index contributed by atoms with van der Waals surface area (Å²) in [7, 11) is 1.72. The Bertz CT molecular complexity index is 626. The number of carbonyl (C=O) groups is 1. The van der Waals surface area contributed by atoms with Gasteiger partial charge in [-0.25, -0.2) is 4.98 Å². The molecule has 0 bridgehead atoms. The minimum Gasteiger partial charge on any atom is -0.393 e. The lowest BCUT2D eigenvalue weighted by Gasteiger charge is -2.19. The third-order valence-corrected chi connectivity index (χ3v) is 3.20. The van der Waals surface area contributed by atoms with Gasteiger partial charge >= 0.3 is 0 Å². The Hall–Kier alpha value is -2.14. The number of carbonyl (C=O) groups excluding carboxylic acids is 1. The van der Waals surface area contributed by atoms with Gasteiger partial charge in [-0.2, -0.15) is 0 Å². The highest BCUT2D eigenvalue weighted by Crippen LogP contribution is 2.20. The van der Waals surface area contributed by atoms with Gasteiger partial charge in [-0.1, -0.05) is 18.2 Å². The molecule has 0 aliphatic rings. The molecule has 0 aliphatic heterocycles. The van der Waals surface area contributed by atoms with E-state index < -0.39 is 6.10 Å². The second kappa shape index (κ2) is 5.88. The van der Waals surface area contributed by atoms with Crippen LogP contribution in [0.1, 0.15) is 23.7 Å². The Balaban J connectivity index is 2.34. The normalized spacial score (nSPS) is 12.3. The van der Waals surface area contributed by atoms with Crippen LogP contribution in [-0.4, -0.2) is 40.6 Å². The van der Waals surface area contributed by atoms with E-state index in [1.165, 1.54) is 0 Å². The molecular weight excluding hydrogens is 254 g/mol. The van der Waals surface area contributed by atoms with Crippen LogP contribution in [0.15, 0.2) is 30.3 Å². The maximum atomic E-state index is 12.5. The topological polar surface area (TPSA) is 79.5 Å². The van der Waals surface area contributed by atoms with Crippen LogP contribution < -0.4 is 5.73 Å². The standard InChI is InChI=1S/C15H19N3O2/c1-10(19)7-8-18(2)15(20)12-9-14(16)17-13-6-4-3-5-11(12)13/h3-6,9-10,19H,7-8H2,1-2H3,(H2,16,17). The first-order valence-corrected chi connectivity index (χ1v) is 6.58. The maximum Gasteiger partial charge on any atom is 0.254 e. The van der Waals surface area contributed by atoms with E-state index in [1.54, 1.807) is 24.9 Å². The molecular formula is C15H19N3O2. The summed E-state index contributed by atoms with van der Waals surface area (Å²) in [5, 5.41) is 10.1. The number of hydrogen-bond acceptors (Lipinski definition) is 4. The Morgan fingerprint density at radius 1 is 1.45 bits per heavy atom. The zero-order chi connectivity index (χ0) is 14.7. The Morgan fingerprint density at radius 2 is 2.15 bits per heavy atom. The van der Waals surface area contributed by atoms with Crippen molar-refractivity contribution < 1.29 is 9.90 Å². The lowest BCUT2D eigenvalue weighted by molar-refractivity contribution is 0.0771. The number of aliphatic hydroxyl groups is 1. The van der Waals surface area contributed by atoms with Crippen LogP contribution in [0, 0.1) is 0 Å². The number of para-hydroxylation sites is 1. The van der Waals surface area contributed by atoms with E-state index in [0.29, 0.717) is 29.9 Å². The largest absolute Gasteiger partial charge is 0.393 e. The van der Waals surface area contributed by atoms with Gasteiger partial charge < -0.3 is 15.7 Å². The molecule has 106 valence electrons. The van der Waals surface area contributed by atoms with Crippen molar-refractivity contribution in [1.29, 1.82) is 0 Å². The second-order valence-electron chi connectivity index (χ2n) is 4.98. The SMILES string of the molecule is CC(O)CCN(C)C(=O)c1cc(N)nc2ccccc12. The van der Waals surface area contributed by atoms with Crippen molar-refractivity contribution in [3.8, 4) is 0 Å². The van der Waals surface area contributed by atoms with E-state index in [4.69, 9.17) is 5.73 Å². The number of fused-ring (bicyclic) bond motifs is 1. The van der Waals surface area contributed by atoms with Crippen molar-refractivity contribution in [2.75, 3.05) is 19.3 Å². The van der Waals surface area contributed by atoms with Gasteiger partial charge in [0.2, 0.25) is 0 Å². The molecule has 2 aromatic rings. The first kappa shape index (κ1) is 14.3. The van der Waals surface area contributed by atoms with Crippen LogP contribution in [0.25, 0.3) is 10.9 Å². The maximum absolute atomic E-state index is 12.5. The molecule has 1 aromatic carbocycles. The lowest BCUT2D eigenvalue weighted by Crippen LogP contribution is -2.29. The number of pyridine rings is 1. The van der Waals surface area contributed by atoms with Crippen LogP contribution in [-0.2, 0) is 0 Å². The molecule has 1 aromatic heterocycles. The summed E-state index contributed by atoms with van der Waals surface area (Å²) < 4.78 is 0. The van der Waals surface area contributed by atoms with Crippen molar-refractivity contribution in [3.63, 3.8) is 0 Å². The summed E-state index contributed by atoms with van der Waals surface area (Å²) in [6.07, 6.45) is 0.116. The fourth-order valence-electron chi connectivity index (χ4n) is 2.06. The Kier molecular flexibility index (Phi) is 4.20. The minimum absolute atomic E-state index is 0.115. The molecule has 1 unspecified atom stereocenters. The van der Waals surface area contributed by atoms with Crippen LogP contribution in [0.5, 0.6) is 0 Å². The van der Waals surface area contributed by atoms with Crippen LogP contribution in [0.3, 0.4) is 0 Å². The zero-order valence-electron chi connectivity index (χ0n) is 11.7. The first-order valence-electron chi connectivity index (χ1n) is 6.58. The lowest BCUT2D eigenvalue weighted by atomic mass is 10.1. The molecule has 0 saturated heterocycles. The summed E-state index contributed by atoms with van der Waals surface area (Å²) in [5.74, 6) is 0.215. The van der Waals surface area contributed by atoms with E-state index in [0.717, 1.165) is 5.39 Å². The average molecular weight is 273 g/mol. The summed E-state index contributed by atoms with van der Waals surface area (Å²) in [4.78, 5) is 18.3. The number of anilines is 1. The second-order valence-corrected chi connectivity index (χ2v) is 4.98. The van der Waals surface area contributed by atoms with Gasteiger partial charge in [-0.05, 0) is 25.5 Å². The number of nitrogens with zero attached hydrogens (tertiary/aromatic N) is 2. The molecule has 0 aliphatic carbocycles. The Morgan fingerprint density at radius 3 is 2.85 bits per heavy atom. The smallest absolute Gasteiger partial charge is 0.254 e. The molecule has 1 amide bonds. The fourth-order valence-corrected chi connectivity index (χ4v) is 2.06. The predicted octanol–water partition coefficient (Wildman–Crippen LogP) is 1.66. The molecule has 1 atom stereocenters. The van der Waals surface area contributed by atoms with E-state index >= 15 is 0 Å². The van der Waals surface area contributed by atoms with Crippen molar-refractivity contribution >= 4 is 22.6 Å². The van der Waals surface area contributed by atoms with E-state index in [9.17, 15) is 9.90 Å². The fraction of sp³-hybridized carbons (Fsp3) is 0.333. The van der Waals surface area contributed by atoms with Crippen molar-refractivity contribution in [2.45, 2.75) is 19.4 Å². The molecule has 3 N–H and O–H groups in total. The third kappa shape index (κ3) is 3.05. The Labute approximate surface area is 118 Å². The van der Waals surface area contributed by atoms with Gasteiger partial charge in [-0.15, -0.1) is 0 Å². The number of aromatic nitrogens is 1. The average Bonchev–Trinajstić information content (AvgIpc) is 2.42. The number of nitrogen functional groups attached to an aromatic ring is 1. The van der Waals surface area contributed by atoms with Crippen LogP contribution in [0.4, 0.5) is 5.82 Å². The zero-order valence-corrected chi connectivity index (χ0v) is 11.7. The minimum atomic E-state index is -0.426. The molecule has 0 saturated carbocycles. The van der Waals surface area contributed by atoms with Crippen molar-refractivity contribution in [2.24, 2.45) is 0 Å². The molecule has 5 heteroatoms. The van der Waals surface area contributed by atoms with Crippen molar-refractivity contribution in [3.05, 3.63) is 35.9 Å². The summed E-state index contributed by atoms with van der Waals surface area (Å²) in [5.41, 5.74) is 7.01. The molecule has 2 rings (SSSR count). The molecule has 0 fully saturated rings. The molecule has 0 spiro atoms. The number of hydrogen-bond donors (Lipinski definition) is 2. The molecule has 1 heterocycles. The monoisotopic (exact) mass is 273 g/mol. The predicted molar refractivity (Wildman–Crippen MR) is 79.4 cm³/mol. The molecule has 5 nitrogen and oxygen atoms in total. The van der Waals surface area contributed by atoms with Gasteiger partial charge in [0.1, 0.15) is 5.82 Å². The highest BCUT2D eigenvalue weighted by molar-refractivity contribution is 6.06. The third-order valence-electron chi connectivity index (χ3n) is 3.20. The van der Waals surface area contributed by atoms with Gasteiger partial charge in [0.15, 0.2) is 0 Å². The van der Waals surface area contributed by atoms with E-state index in [-0.39, 0.29) is 5.91 Å². The molecule has 0 radical (unpaired) electrons. The molecule has 20 heavy (non-hydrogen) atoms. The number of nitrogens with two attached hydrogens (primary N) is 1. The van der Waals surface area contributed by atoms with Gasteiger partial charge in [-0.3, -0.25) is 4.79 Å². The van der Waals surface area contributed by atoms with Gasteiger partial charge in [0.05, 0.1) is 17.2 Å². The summed E-state index contributed by atoms with van der Waals surface area (Å²) in [6.45, 7) is 2.20. The van der Waals surface area contributed by atoms with Gasteiger partial charge in [0, 0.05) is 19.0 Å². The number of rotatable bonds is 4. The number of aliphatic hydroxyl groups excluding tert-OH is 1. The van der Waals surface area contributed by atoms with E-state index in [1.807, 2.05) is 24.3 Å². The summed E-state index contributed by atoms with van der Waals surface area (Å²) >= 11 is 0. The highest BCUT2D eigenvalue weighted by atomic mass is 16.3. The van der Waals surface area contributed by atoms with Gasteiger partial charge in [0.25, 0.3) is 5.91 Å². The number of benzene rings is 1. The highest BCUT2D eigenvalue weighted by Gasteiger charge is 2.16. The quantitative estimate of drug-likeness (QED) is 0.888. The van der Waals surface area contributed by atoms with Crippen LogP contribution in [0.2, 0.25) is 0 Å².